The minimum absolute atomic E-state index is 0.151. The lowest BCUT2D eigenvalue weighted by Gasteiger charge is -2.33. The van der Waals surface area contributed by atoms with Gasteiger partial charge in [-0.05, 0) is 18.2 Å². The number of benzene rings is 1. The molecular formula is C17H19FN2O. The predicted octanol–water partition coefficient (Wildman–Crippen LogP) is 3.60. The average molecular weight is 286 g/mol. The lowest BCUT2D eigenvalue weighted by atomic mass is 10.1. The fourth-order valence-electron chi connectivity index (χ4n) is 2.65. The van der Waals surface area contributed by atoms with Crippen molar-refractivity contribution in [3.8, 4) is 5.75 Å². The Bertz CT molecular complexity index is 568. The Morgan fingerprint density at radius 1 is 1.10 bits per heavy atom. The van der Waals surface area contributed by atoms with Gasteiger partial charge in [-0.1, -0.05) is 24.3 Å². The Morgan fingerprint density at radius 3 is 2.57 bits per heavy atom. The second kappa shape index (κ2) is 6.57. The summed E-state index contributed by atoms with van der Waals surface area (Å²) in [7, 11) is 0. The van der Waals surface area contributed by atoms with Crippen molar-refractivity contribution < 1.29 is 9.13 Å². The van der Waals surface area contributed by atoms with Crippen LogP contribution >= 0.6 is 0 Å². The molecule has 0 spiro atoms. The van der Waals surface area contributed by atoms with E-state index in [2.05, 4.69) is 9.88 Å². The molecule has 0 unspecified atom stereocenters. The maximum absolute atomic E-state index is 12.9. The number of pyridine rings is 1. The molecule has 0 radical (unpaired) electrons. The maximum atomic E-state index is 12.9. The normalized spacial score (nSPS) is 16.0. The van der Waals surface area contributed by atoms with E-state index in [9.17, 15) is 4.39 Å². The van der Waals surface area contributed by atoms with Crippen LogP contribution in [-0.4, -0.2) is 24.2 Å². The third-order valence-electron chi connectivity index (χ3n) is 3.83. The molecule has 0 saturated carbocycles. The molecule has 3 nitrogen and oxygen atoms in total. The van der Waals surface area contributed by atoms with Crippen molar-refractivity contribution in [1.29, 1.82) is 0 Å². The number of piperidine rings is 1. The summed E-state index contributed by atoms with van der Waals surface area (Å²) in [5.41, 5.74) is 0.629. The fourth-order valence-corrected chi connectivity index (χ4v) is 2.65. The smallest absolute Gasteiger partial charge is 0.128 e. The van der Waals surface area contributed by atoms with Crippen LogP contribution in [0.1, 0.15) is 18.4 Å². The van der Waals surface area contributed by atoms with Crippen molar-refractivity contribution in [1.82, 2.24) is 4.98 Å². The molecule has 2 aromatic rings. The lowest BCUT2D eigenvalue weighted by molar-refractivity contribution is 0.168. The van der Waals surface area contributed by atoms with Crippen molar-refractivity contribution in [2.45, 2.75) is 25.6 Å². The second-order valence-corrected chi connectivity index (χ2v) is 5.23. The second-order valence-electron chi connectivity index (χ2n) is 5.23. The molecule has 3 rings (SSSR count). The van der Waals surface area contributed by atoms with Crippen molar-refractivity contribution >= 4 is 5.82 Å². The van der Waals surface area contributed by atoms with E-state index < -0.39 is 6.67 Å². The predicted molar refractivity (Wildman–Crippen MR) is 81.4 cm³/mol. The van der Waals surface area contributed by atoms with E-state index in [1.807, 2.05) is 42.6 Å². The zero-order chi connectivity index (χ0) is 14.5. The quantitative estimate of drug-likeness (QED) is 0.858. The number of aromatic nitrogens is 1. The first-order valence-electron chi connectivity index (χ1n) is 7.33. The van der Waals surface area contributed by atoms with Crippen LogP contribution in [0.15, 0.2) is 48.7 Å². The van der Waals surface area contributed by atoms with Crippen molar-refractivity contribution in [2.75, 3.05) is 18.0 Å². The van der Waals surface area contributed by atoms with Crippen LogP contribution in [0.3, 0.4) is 0 Å². The van der Waals surface area contributed by atoms with E-state index in [0.717, 1.165) is 31.7 Å². The summed E-state index contributed by atoms with van der Waals surface area (Å²) in [4.78, 5) is 6.64. The summed E-state index contributed by atoms with van der Waals surface area (Å²) in [5.74, 6) is 1.69. The van der Waals surface area contributed by atoms with Gasteiger partial charge in [0.05, 0.1) is 0 Å². The molecule has 1 aliphatic heterocycles. The van der Waals surface area contributed by atoms with Gasteiger partial charge in [0.15, 0.2) is 0 Å². The van der Waals surface area contributed by atoms with Crippen LogP contribution in [-0.2, 0) is 6.67 Å². The van der Waals surface area contributed by atoms with Crippen LogP contribution in [0.2, 0.25) is 0 Å². The number of para-hydroxylation sites is 1. The first-order chi connectivity index (χ1) is 10.4. The molecule has 4 heteroatoms. The van der Waals surface area contributed by atoms with Crippen LogP contribution in [0, 0.1) is 0 Å². The van der Waals surface area contributed by atoms with E-state index in [-0.39, 0.29) is 6.10 Å². The van der Waals surface area contributed by atoms with Crippen molar-refractivity contribution in [3.05, 3.63) is 54.2 Å². The maximum Gasteiger partial charge on any atom is 0.128 e. The molecule has 110 valence electrons. The number of alkyl halides is 1. The van der Waals surface area contributed by atoms with Gasteiger partial charge in [-0.15, -0.1) is 0 Å². The van der Waals surface area contributed by atoms with Crippen LogP contribution in [0.5, 0.6) is 5.75 Å². The average Bonchev–Trinajstić information content (AvgIpc) is 2.57. The van der Waals surface area contributed by atoms with Gasteiger partial charge in [-0.2, -0.15) is 0 Å². The van der Waals surface area contributed by atoms with E-state index in [1.54, 1.807) is 6.07 Å². The number of ether oxygens (including phenoxy) is 1. The molecule has 2 heterocycles. The van der Waals surface area contributed by atoms with E-state index in [1.165, 1.54) is 0 Å². The van der Waals surface area contributed by atoms with Gasteiger partial charge in [0.2, 0.25) is 0 Å². The Balaban J connectivity index is 1.59. The minimum atomic E-state index is -0.483. The lowest BCUT2D eigenvalue weighted by Crippen LogP contribution is -2.38. The van der Waals surface area contributed by atoms with Gasteiger partial charge in [-0.25, -0.2) is 9.37 Å². The highest BCUT2D eigenvalue weighted by Gasteiger charge is 2.21. The molecule has 0 amide bonds. The standard InChI is InChI=1S/C17H19FN2O/c18-13-14-5-1-2-6-16(14)21-15-8-11-20(12-9-15)17-7-3-4-10-19-17/h1-7,10,15H,8-9,11-13H2. The van der Waals surface area contributed by atoms with Crippen molar-refractivity contribution in [2.24, 2.45) is 0 Å². The van der Waals surface area contributed by atoms with E-state index in [4.69, 9.17) is 4.74 Å². The molecule has 21 heavy (non-hydrogen) atoms. The molecule has 1 aliphatic rings. The van der Waals surface area contributed by atoms with Gasteiger partial charge < -0.3 is 9.64 Å². The Labute approximate surface area is 124 Å². The number of hydrogen-bond donors (Lipinski definition) is 0. The van der Waals surface area contributed by atoms with Crippen LogP contribution in [0.4, 0.5) is 10.2 Å². The third-order valence-corrected chi connectivity index (χ3v) is 3.83. The van der Waals surface area contributed by atoms with Gasteiger partial charge in [0.1, 0.15) is 24.3 Å². The Kier molecular flexibility index (Phi) is 4.34. The minimum Gasteiger partial charge on any atom is -0.490 e. The largest absolute Gasteiger partial charge is 0.490 e. The highest BCUT2D eigenvalue weighted by Crippen LogP contribution is 2.25. The van der Waals surface area contributed by atoms with Crippen molar-refractivity contribution in [3.63, 3.8) is 0 Å². The summed E-state index contributed by atoms with van der Waals surface area (Å²) in [6.07, 6.45) is 3.82. The SMILES string of the molecule is FCc1ccccc1OC1CCN(c2ccccn2)CC1. The molecule has 0 bridgehead atoms. The van der Waals surface area contributed by atoms with Gasteiger partial charge in [0.25, 0.3) is 0 Å². The summed E-state index contributed by atoms with van der Waals surface area (Å²) in [6, 6.07) is 13.3. The molecule has 1 aromatic heterocycles. The topological polar surface area (TPSA) is 25.4 Å². The summed E-state index contributed by atoms with van der Waals surface area (Å²) >= 11 is 0. The zero-order valence-electron chi connectivity index (χ0n) is 11.9. The van der Waals surface area contributed by atoms with E-state index in [0.29, 0.717) is 11.3 Å². The molecule has 0 N–H and O–H groups in total. The Morgan fingerprint density at radius 2 is 1.86 bits per heavy atom. The summed E-state index contributed by atoms with van der Waals surface area (Å²) in [5, 5.41) is 0. The first-order valence-corrected chi connectivity index (χ1v) is 7.33. The number of rotatable bonds is 4. The summed E-state index contributed by atoms with van der Waals surface area (Å²) < 4.78 is 18.9. The van der Waals surface area contributed by atoms with Crippen LogP contribution < -0.4 is 9.64 Å². The van der Waals surface area contributed by atoms with Gasteiger partial charge in [0, 0.05) is 37.7 Å². The molecule has 1 fully saturated rings. The number of hydrogen-bond acceptors (Lipinski definition) is 3. The van der Waals surface area contributed by atoms with Gasteiger partial charge in [-0.3, -0.25) is 0 Å². The molecule has 0 aliphatic carbocycles. The molecule has 0 atom stereocenters. The third kappa shape index (κ3) is 3.32. The highest BCUT2D eigenvalue weighted by atomic mass is 19.1. The number of anilines is 1. The highest BCUT2D eigenvalue weighted by molar-refractivity contribution is 5.38. The first kappa shape index (κ1) is 13.9. The number of nitrogens with zero attached hydrogens (tertiary/aromatic N) is 2. The van der Waals surface area contributed by atoms with Crippen LogP contribution in [0.25, 0.3) is 0 Å². The molecular weight excluding hydrogens is 267 g/mol. The van der Waals surface area contributed by atoms with Gasteiger partial charge >= 0.3 is 0 Å². The monoisotopic (exact) mass is 286 g/mol. The van der Waals surface area contributed by atoms with E-state index >= 15 is 0 Å². The molecule has 1 aromatic carbocycles. The fraction of sp³-hybridized carbons (Fsp3) is 0.353. The molecule has 1 saturated heterocycles. The summed E-state index contributed by atoms with van der Waals surface area (Å²) in [6.45, 7) is 1.35. The zero-order valence-corrected chi connectivity index (χ0v) is 11.9. The number of halogens is 1. The Hall–Kier alpha value is -2.10.